The van der Waals surface area contributed by atoms with E-state index in [-0.39, 0.29) is 24.0 Å². The molecular weight excluding hydrogens is 514 g/mol. The van der Waals surface area contributed by atoms with Gasteiger partial charge in [-0.05, 0) is 35.7 Å². The van der Waals surface area contributed by atoms with Gasteiger partial charge in [0.25, 0.3) is 5.91 Å². The molecule has 2 heterocycles. The fraction of sp³-hybridized carbons (Fsp3) is 0.267. The summed E-state index contributed by atoms with van der Waals surface area (Å²) in [4.78, 5) is 36.1. The second-order valence-electron chi connectivity index (χ2n) is 9.82. The molecule has 1 N–H and O–H groups in total. The summed E-state index contributed by atoms with van der Waals surface area (Å²) in [5, 5.41) is 6.68. The normalized spacial score (nSPS) is 14.9. The molecule has 0 unspecified atom stereocenters. The molecule has 0 atom stereocenters. The average molecular weight is 545 g/mol. The Balaban J connectivity index is 1.51. The summed E-state index contributed by atoms with van der Waals surface area (Å²) in [6.45, 7) is 3.97. The first-order chi connectivity index (χ1) is 19.4. The number of nitrogens with one attached hydrogen (secondary N) is 1. The number of carbonyl (C=O) groups is 2. The standard InChI is InChI=1S/C30H30F2N6O2/c1-21(39)38-12-6-11-36(18-22-7-3-2-4-8-22)13-14-37(19-25-16-26(31)27(32)17-28(25)38)30(40)24-10-5-9-23(15-24)29-33-20-34-35-29/h2-5,7-10,15-17,20H,6,11-14,18-19H2,1H3,(H,33,34,35). The number of nitrogens with zero attached hydrogens (tertiary/aromatic N) is 5. The number of aromatic nitrogens is 3. The summed E-state index contributed by atoms with van der Waals surface area (Å²) < 4.78 is 28.9. The van der Waals surface area contributed by atoms with Gasteiger partial charge in [-0.15, -0.1) is 0 Å². The van der Waals surface area contributed by atoms with Gasteiger partial charge in [0.2, 0.25) is 5.91 Å². The van der Waals surface area contributed by atoms with Crippen molar-refractivity contribution in [1.82, 2.24) is 25.0 Å². The van der Waals surface area contributed by atoms with Crippen LogP contribution in [0, 0.1) is 11.6 Å². The van der Waals surface area contributed by atoms with E-state index in [1.807, 2.05) is 36.4 Å². The predicted molar refractivity (Wildman–Crippen MR) is 147 cm³/mol. The maximum Gasteiger partial charge on any atom is 0.254 e. The number of halogens is 2. The maximum atomic E-state index is 14.5. The molecule has 8 nitrogen and oxygen atoms in total. The van der Waals surface area contributed by atoms with Crippen LogP contribution < -0.4 is 4.90 Å². The lowest BCUT2D eigenvalue weighted by molar-refractivity contribution is -0.116. The molecule has 0 fully saturated rings. The molecule has 0 saturated carbocycles. The van der Waals surface area contributed by atoms with Crippen LogP contribution in [-0.2, 0) is 17.9 Å². The van der Waals surface area contributed by atoms with E-state index in [0.29, 0.717) is 61.7 Å². The second kappa shape index (κ2) is 12.2. The van der Waals surface area contributed by atoms with E-state index in [2.05, 4.69) is 20.1 Å². The summed E-state index contributed by atoms with van der Waals surface area (Å²) >= 11 is 0. The van der Waals surface area contributed by atoms with Gasteiger partial charge < -0.3 is 9.80 Å². The molecular formula is C30H30F2N6O2. The Kier molecular flexibility index (Phi) is 8.26. The fourth-order valence-electron chi connectivity index (χ4n) is 5.01. The lowest BCUT2D eigenvalue weighted by Gasteiger charge is -2.28. The van der Waals surface area contributed by atoms with Crippen molar-refractivity contribution in [2.24, 2.45) is 0 Å². The molecule has 10 heteroatoms. The zero-order valence-electron chi connectivity index (χ0n) is 22.2. The van der Waals surface area contributed by atoms with Crippen LogP contribution in [0.15, 0.2) is 73.1 Å². The van der Waals surface area contributed by atoms with Gasteiger partial charge in [0.15, 0.2) is 17.5 Å². The Morgan fingerprint density at radius 1 is 0.925 bits per heavy atom. The number of amides is 2. The number of H-pyrrole nitrogens is 1. The third-order valence-corrected chi connectivity index (χ3v) is 7.03. The molecule has 0 saturated heterocycles. The molecule has 3 aromatic carbocycles. The van der Waals surface area contributed by atoms with Crippen molar-refractivity contribution >= 4 is 17.5 Å². The number of hydrogen-bond acceptors (Lipinski definition) is 5. The first-order valence-electron chi connectivity index (χ1n) is 13.2. The number of benzene rings is 3. The Bertz CT molecular complexity index is 1480. The van der Waals surface area contributed by atoms with Gasteiger partial charge in [-0.3, -0.25) is 19.6 Å². The summed E-state index contributed by atoms with van der Waals surface area (Å²) in [6, 6.07) is 19.2. The predicted octanol–water partition coefficient (Wildman–Crippen LogP) is 4.65. The lowest BCUT2D eigenvalue weighted by atomic mass is 10.1. The third-order valence-electron chi connectivity index (χ3n) is 7.03. The molecule has 1 aliphatic rings. The summed E-state index contributed by atoms with van der Waals surface area (Å²) in [5.41, 5.74) is 2.89. The SMILES string of the molecule is CC(=O)N1CCCN(Cc2ccccc2)CCN(C(=O)c2cccc(-c3ncn[nH]3)c2)Cc2cc(F)c(F)cc21. The maximum absolute atomic E-state index is 14.5. The molecule has 1 aromatic heterocycles. The van der Waals surface area contributed by atoms with E-state index in [9.17, 15) is 18.4 Å². The van der Waals surface area contributed by atoms with E-state index in [1.165, 1.54) is 18.2 Å². The van der Waals surface area contributed by atoms with E-state index in [4.69, 9.17) is 0 Å². The van der Waals surface area contributed by atoms with Gasteiger partial charge in [-0.25, -0.2) is 13.8 Å². The number of fused-ring (bicyclic) bond motifs is 1. The molecule has 1 aliphatic heterocycles. The molecule has 206 valence electrons. The van der Waals surface area contributed by atoms with E-state index in [1.54, 1.807) is 23.1 Å². The van der Waals surface area contributed by atoms with Crippen LogP contribution in [0.1, 0.15) is 34.8 Å². The monoisotopic (exact) mass is 544 g/mol. The summed E-state index contributed by atoms with van der Waals surface area (Å²) in [7, 11) is 0. The Labute approximate surface area is 231 Å². The summed E-state index contributed by atoms with van der Waals surface area (Å²) in [5.74, 6) is -2.09. The molecule has 0 aliphatic carbocycles. The number of hydrogen-bond donors (Lipinski definition) is 1. The van der Waals surface area contributed by atoms with Crippen LogP contribution in [0.2, 0.25) is 0 Å². The van der Waals surface area contributed by atoms with Gasteiger partial charge in [0.05, 0.1) is 5.69 Å². The highest BCUT2D eigenvalue weighted by molar-refractivity contribution is 5.96. The third kappa shape index (κ3) is 6.23. The van der Waals surface area contributed by atoms with Crippen LogP contribution in [0.3, 0.4) is 0 Å². The quantitative estimate of drug-likeness (QED) is 0.404. The minimum absolute atomic E-state index is 0.000852. The molecule has 0 spiro atoms. The first-order valence-corrected chi connectivity index (χ1v) is 13.2. The zero-order chi connectivity index (χ0) is 28.1. The van der Waals surface area contributed by atoms with Crippen LogP contribution in [0.25, 0.3) is 11.4 Å². The fourth-order valence-corrected chi connectivity index (χ4v) is 5.01. The molecule has 4 aromatic rings. The van der Waals surface area contributed by atoms with Crippen molar-refractivity contribution in [3.63, 3.8) is 0 Å². The Morgan fingerprint density at radius 2 is 1.73 bits per heavy atom. The lowest BCUT2D eigenvalue weighted by Crippen LogP contribution is -2.38. The number of anilines is 1. The minimum atomic E-state index is -1.04. The largest absolute Gasteiger partial charge is 0.333 e. The highest BCUT2D eigenvalue weighted by Gasteiger charge is 2.25. The number of carbonyl (C=O) groups excluding carboxylic acids is 2. The van der Waals surface area contributed by atoms with Gasteiger partial charge in [0, 0.05) is 63.4 Å². The van der Waals surface area contributed by atoms with Crippen molar-refractivity contribution in [1.29, 1.82) is 0 Å². The average Bonchev–Trinajstić information content (AvgIpc) is 3.49. The van der Waals surface area contributed by atoms with Crippen molar-refractivity contribution in [2.45, 2.75) is 26.4 Å². The van der Waals surface area contributed by atoms with E-state index >= 15 is 0 Å². The highest BCUT2D eigenvalue weighted by Crippen LogP contribution is 2.28. The first kappa shape index (κ1) is 27.1. The van der Waals surface area contributed by atoms with Gasteiger partial charge in [0.1, 0.15) is 6.33 Å². The molecule has 0 radical (unpaired) electrons. The molecule has 40 heavy (non-hydrogen) atoms. The van der Waals surface area contributed by atoms with Crippen LogP contribution in [0.4, 0.5) is 14.5 Å². The van der Waals surface area contributed by atoms with Crippen molar-refractivity contribution in [3.05, 3.63) is 101 Å². The number of aromatic amines is 1. The van der Waals surface area contributed by atoms with Gasteiger partial charge >= 0.3 is 0 Å². The number of rotatable bonds is 4. The molecule has 0 bridgehead atoms. The zero-order valence-corrected chi connectivity index (χ0v) is 22.2. The Morgan fingerprint density at radius 3 is 2.48 bits per heavy atom. The van der Waals surface area contributed by atoms with Gasteiger partial charge in [-0.2, -0.15) is 5.10 Å². The van der Waals surface area contributed by atoms with Crippen LogP contribution in [-0.4, -0.2) is 63.0 Å². The topological polar surface area (TPSA) is 85.4 Å². The van der Waals surface area contributed by atoms with Crippen molar-refractivity contribution in [2.75, 3.05) is 31.1 Å². The summed E-state index contributed by atoms with van der Waals surface area (Å²) in [6.07, 6.45) is 2.02. The van der Waals surface area contributed by atoms with Crippen LogP contribution in [0.5, 0.6) is 0 Å². The van der Waals surface area contributed by atoms with E-state index in [0.717, 1.165) is 17.7 Å². The molecule has 5 rings (SSSR count). The van der Waals surface area contributed by atoms with Crippen LogP contribution >= 0.6 is 0 Å². The smallest absolute Gasteiger partial charge is 0.254 e. The molecule has 2 amide bonds. The second-order valence-corrected chi connectivity index (χ2v) is 9.82. The van der Waals surface area contributed by atoms with Gasteiger partial charge in [-0.1, -0.05) is 42.5 Å². The van der Waals surface area contributed by atoms with Crippen molar-refractivity contribution in [3.8, 4) is 11.4 Å². The minimum Gasteiger partial charge on any atom is -0.333 e. The van der Waals surface area contributed by atoms with Crippen molar-refractivity contribution < 1.29 is 18.4 Å². The van der Waals surface area contributed by atoms with E-state index < -0.39 is 11.6 Å². The Hall–Kier alpha value is -4.44. The highest BCUT2D eigenvalue weighted by atomic mass is 19.2.